The number of hydrogen-bond donors (Lipinski definition) is 0. The van der Waals surface area contributed by atoms with Gasteiger partial charge in [-0.3, -0.25) is 4.90 Å². The summed E-state index contributed by atoms with van der Waals surface area (Å²) in [6.07, 6.45) is 1.63. The molecule has 0 aromatic heterocycles. The molecule has 2 aromatic rings. The molecule has 1 saturated heterocycles. The van der Waals surface area contributed by atoms with Crippen LogP contribution in [0, 0.1) is 0 Å². The number of nitrogens with zero attached hydrogens (tertiary/aromatic N) is 2. The zero-order chi connectivity index (χ0) is 17.3. The third-order valence-electron chi connectivity index (χ3n) is 5.32. The summed E-state index contributed by atoms with van der Waals surface area (Å²) in [6.45, 7) is 2.64. The Bertz CT molecular complexity index is 757. The predicted molar refractivity (Wildman–Crippen MR) is 98.8 cm³/mol. The summed E-state index contributed by atoms with van der Waals surface area (Å²) in [4.78, 5) is 14.5. The number of amides is 1. The molecular formula is C20H21ClN2O2. The number of rotatable bonds is 2. The Morgan fingerprint density at radius 3 is 2.48 bits per heavy atom. The molecule has 4 rings (SSSR count). The fourth-order valence-corrected chi connectivity index (χ4v) is 4.09. The first kappa shape index (κ1) is 16.4. The molecule has 0 saturated carbocycles. The molecule has 4 nitrogen and oxygen atoms in total. The zero-order valence-electron chi connectivity index (χ0n) is 14.0. The highest BCUT2D eigenvalue weighted by Gasteiger charge is 2.46. The lowest BCUT2D eigenvalue weighted by Crippen LogP contribution is -2.43. The number of carbonyl (C=O) groups excluding carboxylic acids is 1. The van der Waals surface area contributed by atoms with Crippen molar-refractivity contribution in [1.82, 2.24) is 4.42 Å². The number of carbonyl (C=O) groups is 1. The second-order valence-electron chi connectivity index (χ2n) is 6.83. The molecule has 1 fully saturated rings. The number of hydrogen-bond acceptors (Lipinski definition) is 3. The number of fused-ring (bicyclic) bond motifs is 2. The van der Waals surface area contributed by atoms with E-state index in [2.05, 4.69) is 6.07 Å². The molecule has 0 bridgehead atoms. The topological polar surface area (TPSA) is 32.8 Å². The van der Waals surface area contributed by atoms with E-state index < -0.39 is 0 Å². The maximum absolute atomic E-state index is 12.7. The molecular weight excluding hydrogens is 336 g/mol. The van der Waals surface area contributed by atoms with E-state index >= 15 is 0 Å². The van der Waals surface area contributed by atoms with Crippen molar-refractivity contribution in [3.8, 4) is 0 Å². The molecule has 0 N–H and O–H groups in total. The Balaban J connectivity index is 1.53. The fraction of sp³-hybridized carbons (Fsp3) is 0.350. The normalized spacial score (nSPS) is 19.0. The lowest BCUT2D eigenvalue weighted by molar-refractivity contribution is 0.145. The van der Waals surface area contributed by atoms with Gasteiger partial charge in [0, 0.05) is 25.0 Å². The van der Waals surface area contributed by atoms with Crippen LogP contribution in [-0.4, -0.2) is 30.1 Å². The quantitative estimate of drug-likeness (QED) is 0.751. The Labute approximate surface area is 153 Å². The molecule has 0 aliphatic carbocycles. The van der Waals surface area contributed by atoms with Crippen LogP contribution in [0.25, 0.3) is 0 Å². The van der Waals surface area contributed by atoms with E-state index in [0.29, 0.717) is 13.2 Å². The lowest BCUT2D eigenvalue weighted by Gasteiger charge is -2.37. The van der Waals surface area contributed by atoms with Gasteiger partial charge in [0.25, 0.3) is 0 Å². The van der Waals surface area contributed by atoms with Crippen LogP contribution in [-0.2, 0) is 16.8 Å². The van der Waals surface area contributed by atoms with Crippen molar-refractivity contribution in [1.29, 1.82) is 0 Å². The molecule has 1 spiro atoms. The van der Waals surface area contributed by atoms with E-state index in [9.17, 15) is 4.79 Å². The van der Waals surface area contributed by atoms with Gasteiger partial charge in [0.1, 0.15) is 6.61 Å². The van der Waals surface area contributed by atoms with Crippen molar-refractivity contribution in [2.45, 2.75) is 24.9 Å². The van der Waals surface area contributed by atoms with E-state index in [1.54, 1.807) is 4.90 Å². The molecule has 0 unspecified atom stereocenters. The van der Waals surface area contributed by atoms with Crippen molar-refractivity contribution >= 4 is 23.6 Å². The van der Waals surface area contributed by atoms with Gasteiger partial charge in [-0.15, -0.1) is 0 Å². The molecule has 2 aliphatic rings. The number of benzene rings is 2. The number of para-hydroxylation sites is 1. The maximum Gasteiger partial charge on any atom is 0.414 e. The van der Waals surface area contributed by atoms with Crippen LogP contribution in [0.5, 0.6) is 0 Å². The Morgan fingerprint density at radius 2 is 1.72 bits per heavy atom. The van der Waals surface area contributed by atoms with Crippen molar-refractivity contribution in [3.63, 3.8) is 0 Å². The molecule has 2 aliphatic heterocycles. The van der Waals surface area contributed by atoms with Gasteiger partial charge in [0.2, 0.25) is 0 Å². The SMILES string of the molecule is O=C(OCc1ccccc1)N1CC2(CCN(Cl)CC2)c2ccccc21. The van der Waals surface area contributed by atoms with Crippen LogP contribution in [0.3, 0.4) is 0 Å². The zero-order valence-corrected chi connectivity index (χ0v) is 14.8. The second kappa shape index (κ2) is 6.70. The predicted octanol–water partition coefficient (Wildman–Crippen LogP) is 4.33. The minimum Gasteiger partial charge on any atom is -0.444 e. The van der Waals surface area contributed by atoms with Crippen molar-refractivity contribution in [2.24, 2.45) is 0 Å². The summed E-state index contributed by atoms with van der Waals surface area (Å²) in [5.41, 5.74) is 3.21. The van der Waals surface area contributed by atoms with Gasteiger partial charge in [-0.2, -0.15) is 0 Å². The molecule has 5 heteroatoms. The molecule has 0 radical (unpaired) electrons. The Kier molecular flexibility index (Phi) is 4.40. The summed E-state index contributed by atoms with van der Waals surface area (Å²) in [7, 11) is 0. The smallest absolute Gasteiger partial charge is 0.414 e. The maximum atomic E-state index is 12.7. The number of halogens is 1. The number of ether oxygens (including phenoxy) is 1. The molecule has 2 heterocycles. The average molecular weight is 357 g/mol. The van der Waals surface area contributed by atoms with Gasteiger partial charge in [-0.05, 0) is 41.8 Å². The second-order valence-corrected chi connectivity index (χ2v) is 7.31. The monoisotopic (exact) mass is 356 g/mol. The van der Waals surface area contributed by atoms with Gasteiger partial charge in [-0.1, -0.05) is 48.5 Å². The first-order chi connectivity index (χ1) is 12.2. The van der Waals surface area contributed by atoms with Crippen molar-refractivity contribution in [2.75, 3.05) is 24.5 Å². The third-order valence-corrected chi connectivity index (χ3v) is 5.66. The van der Waals surface area contributed by atoms with Crippen molar-refractivity contribution in [3.05, 3.63) is 65.7 Å². The highest BCUT2D eigenvalue weighted by molar-refractivity contribution is 6.13. The Hall–Kier alpha value is -2.04. The van der Waals surface area contributed by atoms with Crippen LogP contribution < -0.4 is 4.90 Å². The standard InChI is InChI=1S/C20H21ClN2O2/c21-22-12-10-20(11-13-22)15-23(18-9-5-4-8-17(18)20)19(24)25-14-16-6-2-1-3-7-16/h1-9H,10-15H2. The van der Waals surface area contributed by atoms with Gasteiger partial charge >= 0.3 is 6.09 Å². The van der Waals surface area contributed by atoms with Gasteiger partial charge in [0.15, 0.2) is 0 Å². The first-order valence-corrected chi connectivity index (χ1v) is 9.00. The van der Waals surface area contributed by atoms with Gasteiger partial charge in [0.05, 0.1) is 5.69 Å². The highest BCUT2D eigenvalue weighted by Crippen LogP contribution is 2.47. The highest BCUT2D eigenvalue weighted by atomic mass is 35.5. The minimum atomic E-state index is -0.276. The van der Waals surface area contributed by atoms with Crippen LogP contribution >= 0.6 is 11.8 Å². The van der Waals surface area contributed by atoms with Gasteiger partial charge < -0.3 is 4.74 Å². The summed E-state index contributed by atoms with van der Waals surface area (Å²) in [6, 6.07) is 18.0. The van der Waals surface area contributed by atoms with Crippen LogP contribution in [0.2, 0.25) is 0 Å². The third kappa shape index (κ3) is 3.12. The fourth-order valence-electron chi connectivity index (χ4n) is 3.93. The summed E-state index contributed by atoms with van der Waals surface area (Å²) in [5, 5.41) is 0. The number of anilines is 1. The van der Waals surface area contributed by atoms with Crippen LogP contribution in [0.15, 0.2) is 54.6 Å². The first-order valence-electron chi connectivity index (χ1n) is 8.66. The summed E-state index contributed by atoms with van der Waals surface area (Å²) in [5.74, 6) is 0. The summed E-state index contributed by atoms with van der Waals surface area (Å²) >= 11 is 6.15. The van der Waals surface area contributed by atoms with E-state index in [4.69, 9.17) is 16.5 Å². The lowest BCUT2D eigenvalue weighted by atomic mass is 9.75. The molecule has 2 aromatic carbocycles. The average Bonchev–Trinajstić information content (AvgIpc) is 2.98. The van der Waals surface area contributed by atoms with Crippen LogP contribution in [0.4, 0.5) is 10.5 Å². The van der Waals surface area contributed by atoms with E-state index in [1.165, 1.54) is 5.56 Å². The van der Waals surface area contributed by atoms with E-state index in [-0.39, 0.29) is 11.5 Å². The van der Waals surface area contributed by atoms with Gasteiger partial charge in [-0.25, -0.2) is 9.21 Å². The molecule has 1 amide bonds. The largest absolute Gasteiger partial charge is 0.444 e. The molecule has 130 valence electrons. The Morgan fingerprint density at radius 1 is 1.04 bits per heavy atom. The minimum absolute atomic E-state index is 0.00620. The van der Waals surface area contributed by atoms with Crippen molar-refractivity contribution < 1.29 is 9.53 Å². The number of piperidine rings is 1. The molecule has 25 heavy (non-hydrogen) atoms. The summed E-state index contributed by atoms with van der Waals surface area (Å²) < 4.78 is 7.41. The molecule has 0 atom stereocenters. The van der Waals surface area contributed by atoms with E-state index in [0.717, 1.165) is 37.2 Å². The van der Waals surface area contributed by atoms with Crippen LogP contribution in [0.1, 0.15) is 24.0 Å². The van der Waals surface area contributed by atoms with E-state index in [1.807, 2.05) is 52.9 Å².